The Balaban J connectivity index is 2.08. The summed E-state index contributed by atoms with van der Waals surface area (Å²) in [6.07, 6.45) is 1.17. The van der Waals surface area contributed by atoms with Crippen LogP contribution in [0, 0.1) is 21.4 Å². The lowest BCUT2D eigenvalue weighted by atomic mass is 10.1. The van der Waals surface area contributed by atoms with E-state index in [2.05, 4.69) is 9.72 Å². The third-order valence-electron chi connectivity index (χ3n) is 3.28. The highest BCUT2D eigenvalue weighted by atomic mass is 16.6. The quantitative estimate of drug-likeness (QED) is 0.477. The predicted octanol–water partition coefficient (Wildman–Crippen LogP) is 2.43. The molecule has 0 bridgehead atoms. The number of nitrogens with zero attached hydrogens (tertiary/aromatic N) is 3. The second-order valence-corrected chi connectivity index (χ2v) is 4.73. The molecule has 0 unspecified atom stereocenters. The maximum absolute atomic E-state index is 11.3. The normalized spacial score (nSPS) is 9.91. The van der Waals surface area contributed by atoms with E-state index in [9.17, 15) is 14.9 Å². The summed E-state index contributed by atoms with van der Waals surface area (Å²) in [5, 5.41) is 19.7. The molecule has 2 aromatic rings. The number of pyridine rings is 1. The van der Waals surface area contributed by atoms with Gasteiger partial charge in [0.25, 0.3) is 0 Å². The first-order chi connectivity index (χ1) is 11.0. The van der Waals surface area contributed by atoms with Gasteiger partial charge in [-0.05, 0) is 36.6 Å². The van der Waals surface area contributed by atoms with Crippen LogP contribution in [0.25, 0.3) is 0 Å². The van der Waals surface area contributed by atoms with Crippen molar-refractivity contribution in [2.75, 3.05) is 7.11 Å². The van der Waals surface area contributed by atoms with Crippen molar-refractivity contribution in [3.05, 3.63) is 69.0 Å². The van der Waals surface area contributed by atoms with Crippen LogP contribution in [-0.2, 0) is 17.6 Å². The van der Waals surface area contributed by atoms with Gasteiger partial charge in [0.15, 0.2) is 0 Å². The van der Waals surface area contributed by atoms with E-state index in [0.29, 0.717) is 24.1 Å². The van der Waals surface area contributed by atoms with Gasteiger partial charge >= 0.3 is 11.7 Å². The molecule has 7 nitrogen and oxygen atoms in total. The maximum atomic E-state index is 11.3. The van der Waals surface area contributed by atoms with Gasteiger partial charge in [-0.1, -0.05) is 12.1 Å². The summed E-state index contributed by atoms with van der Waals surface area (Å²) >= 11 is 0. The Morgan fingerprint density at radius 3 is 2.52 bits per heavy atom. The molecule has 2 rings (SSSR count). The fourth-order valence-electron chi connectivity index (χ4n) is 2.06. The molecule has 1 aromatic carbocycles. The molecule has 1 heterocycles. The number of ether oxygens (including phenoxy) is 1. The lowest BCUT2D eigenvalue weighted by Gasteiger charge is -2.04. The molecule has 0 fully saturated rings. The maximum Gasteiger partial charge on any atom is 0.337 e. The third-order valence-corrected chi connectivity index (χ3v) is 3.28. The molecule has 0 saturated carbocycles. The summed E-state index contributed by atoms with van der Waals surface area (Å²) in [4.78, 5) is 25.5. The fraction of sp³-hybridized carbons (Fsp3) is 0.188. The molecular weight excluding hydrogens is 298 g/mol. The van der Waals surface area contributed by atoms with Crippen LogP contribution in [0.15, 0.2) is 36.4 Å². The zero-order chi connectivity index (χ0) is 16.8. The van der Waals surface area contributed by atoms with Crippen LogP contribution in [0.1, 0.15) is 27.3 Å². The zero-order valence-electron chi connectivity index (χ0n) is 12.4. The SMILES string of the molecule is COC(=O)c1ccc(CCc2ccc([N+](=O)[O-])c(C#N)n2)cc1. The number of hydrogen-bond acceptors (Lipinski definition) is 6. The van der Waals surface area contributed by atoms with Crippen LogP contribution in [0.3, 0.4) is 0 Å². The molecular formula is C16H13N3O4. The van der Waals surface area contributed by atoms with Crippen LogP contribution in [0.5, 0.6) is 0 Å². The van der Waals surface area contributed by atoms with Gasteiger partial charge in [-0.2, -0.15) is 5.26 Å². The van der Waals surface area contributed by atoms with E-state index in [4.69, 9.17) is 5.26 Å². The number of rotatable bonds is 5. The number of aryl methyl sites for hydroxylation is 2. The van der Waals surface area contributed by atoms with Crippen molar-refractivity contribution in [1.29, 1.82) is 5.26 Å². The highest BCUT2D eigenvalue weighted by molar-refractivity contribution is 5.89. The molecule has 23 heavy (non-hydrogen) atoms. The molecule has 116 valence electrons. The van der Waals surface area contributed by atoms with E-state index < -0.39 is 10.9 Å². The number of carbonyl (C=O) groups is 1. The van der Waals surface area contributed by atoms with E-state index in [1.165, 1.54) is 13.2 Å². The van der Waals surface area contributed by atoms with Gasteiger partial charge in [-0.25, -0.2) is 9.78 Å². The highest BCUT2D eigenvalue weighted by Gasteiger charge is 2.15. The Bertz CT molecular complexity index is 779. The van der Waals surface area contributed by atoms with Crippen LogP contribution in [0.2, 0.25) is 0 Å². The van der Waals surface area contributed by atoms with Gasteiger partial charge in [0.05, 0.1) is 17.6 Å². The average molecular weight is 311 g/mol. The van der Waals surface area contributed by atoms with Gasteiger partial charge in [0.1, 0.15) is 6.07 Å². The molecule has 0 radical (unpaired) electrons. The minimum atomic E-state index is -0.624. The number of hydrogen-bond donors (Lipinski definition) is 0. The molecule has 1 aromatic heterocycles. The zero-order valence-corrected chi connectivity index (χ0v) is 12.4. The molecule has 0 N–H and O–H groups in total. The van der Waals surface area contributed by atoms with Gasteiger partial charge in [-0.15, -0.1) is 0 Å². The second kappa shape index (κ2) is 7.13. The summed E-state index contributed by atoms with van der Waals surface area (Å²) < 4.78 is 4.63. The van der Waals surface area contributed by atoms with Crippen molar-refractivity contribution in [3.8, 4) is 6.07 Å². The molecule has 7 heteroatoms. The van der Waals surface area contributed by atoms with Crippen molar-refractivity contribution < 1.29 is 14.5 Å². The van der Waals surface area contributed by atoms with E-state index in [0.717, 1.165) is 5.56 Å². The van der Waals surface area contributed by atoms with E-state index in [-0.39, 0.29) is 11.4 Å². The first kappa shape index (κ1) is 16.1. The number of esters is 1. The number of carbonyl (C=O) groups excluding carboxylic acids is 1. The van der Waals surface area contributed by atoms with Crippen molar-refractivity contribution >= 4 is 11.7 Å². The van der Waals surface area contributed by atoms with E-state index in [1.807, 2.05) is 12.1 Å². The van der Waals surface area contributed by atoms with Gasteiger partial charge in [-0.3, -0.25) is 10.1 Å². The van der Waals surface area contributed by atoms with Crippen molar-refractivity contribution in [3.63, 3.8) is 0 Å². The summed E-state index contributed by atoms with van der Waals surface area (Å²) in [5.41, 5.74) is 1.57. The smallest absolute Gasteiger partial charge is 0.337 e. The van der Waals surface area contributed by atoms with Crippen molar-refractivity contribution in [2.45, 2.75) is 12.8 Å². The predicted molar refractivity (Wildman–Crippen MR) is 80.8 cm³/mol. The van der Waals surface area contributed by atoms with Gasteiger partial charge < -0.3 is 4.74 Å². The Hall–Kier alpha value is -3.27. The van der Waals surface area contributed by atoms with E-state index >= 15 is 0 Å². The van der Waals surface area contributed by atoms with Crippen molar-refractivity contribution in [1.82, 2.24) is 4.98 Å². The van der Waals surface area contributed by atoms with Gasteiger partial charge in [0, 0.05) is 11.8 Å². The Labute approximate surface area is 132 Å². The number of nitriles is 1. The summed E-state index contributed by atoms with van der Waals surface area (Å²) in [6.45, 7) is 0. The van der Waals surface area contributed by atoms with Crippen LogP contribution < -0.4 is 0 Å². The first-order valence-electron chi connectivity index (χ1n) is 6.77. The molecule has 0 aliphatic heterocycles. The molecule has 0 atom stereocenters. The van der Waals surface area contributed by atoms with E-state index in [1.54, 1.807) is 24.3 Å². The number of aromatic nitrogens is 1. The molecule has 0 spiro atoms. The number of benzene rings is 1. The highest BCUT2D eigenvalue weighted by Crippen LogP contribution is 2.17. The Kier molecular flexibility index (Phi) is 5.00. The largest absolute Gasteiger partial charge is 0.465 e. The molecule has 0 amide bonds. The lowest BCUT2D eigenvalue weighted by Crippen LogP contribution is -2.02. The average Bonchev–Trinajstić information content (AvgIpc) is 2.59. The van der Waals surface area contributed by atoms with Crippen LogP contribution >= 0.6 is 0 Å². The summed E-state index contributed by atoms with van der Waals surface area (Å²) in [7, 11) is 1.32. The topological polar surface area (TPSA) is 106 Å². The number of methoxy groups -OCH3 is 1. The van der Waals surface area contributed by atoms with Crippen molar-refractivity contribution in [2.24, 2.45) is 0 Å². The standard InChI is InChI=1S/C16H13N3O4/c1-23-16(20)12-5-2-11(3-6-12)4-7-13-8-9-15(19(21)22)14(10-17)18-13/h2-3,5-6,8-9H,4,7H2,1H3. The molecule has 0 aliphatic rings. The summed E-state index contributed by atoms with van der Waals surface area (Å²) in [5.74, 6) is -0.396. The minimum absolute atomic E-state index is 0.187. The third kappa shape index (κ3) is 3.89. The number of nitro groups is 1. The first-order valence-corrected chi connectivity index (χ1v) is 6.77. The molecule has 0 saturated heterocycles. The Morgan fingerprint density at radius 1 is 1.26 bits per heavy atom. The van der Waals surface area contributed by atoms with Gasteiger partial charge in [0.2, 0.25) is 5.69 Å². The summed E-state index contributed by atoms with van der Waals surface area (Å²) in [6, 6.07) is 11.5. The van der Waals surface area contributed by atoms with Crippen LogP contribution in [0.4, 0.5) is 5.69 Å². The monoisotopic (exact) mass is 311 g/mol. The fourth-order valence-corrected chi connectivity index (χ4v) is 2.06. The Morgan fingerprint density at radius 2 is 1.96 bits per heavy atom. The molecule has 0 aliphatic carbocycles. The van der Waals surface area contributed by atoms with Crippen LogP contribution in [-0.4, -0.2) is 23.0 Å². The second-order valence-electron chi connectivity index (χ2n) is 4.73. The lowest BCUT2D eigenvalue weighted by molar-refractivity contribution is -0.385. The minimum Gasteiger partial charge on any atom is -0.465 e.